The SMILES string of the molecule is CCCNC(C)c1ccc(OC(C)COC)cc1F. The first-order valence-electron chi connectivity index (χ1n) is 6.76. The van der Waals surface area contributed by atoms with Gasteiger partial charge in [0.25, 0.3) is 0 Å². The summed E-state index contributed by atoms with van der Waals surface area (Å²) in [5, 5.41) is 3.27. The number of ether oxygens (including phenoxy) is 2. The number of halogens is 1. The van der Waals surface area contributed by atoms with Crippen molar-refractivity contribution < 1.29 is 13.9 Å². The molecule has 0 aromatic heterocycles. The van der Waals surface area contributed by atoms with Crippen molar-refractivity contribution in [1.82, 2.24) is 5.32 Å². The quantitative estimate of drug-likeness (QED) is 0.785. The molecule has 1 aromatic rings. The van der Waals surface area contributed by atoms with Gasteiger partial charge in [0.05, 0.1) is 6.61 Å². The fourth-order valence-electron chi connectivity index (χ4n) is 1.90. The van der Waals surface area contributed by atoms with Gasteiger partial charge in [-0.1, -0.05) is 13.0 Å². The van der Waals surface area contributed by atoms with Crippen molar-refractivity contribution >= 4 is 0 Å². The van der Waals surface area contributed by atoms with E-state index in [1.54, 1.807) is 19.2 Å². The molecule has 0 bridgehead atoms. The highest BCUT2D eigenvalue weighted by Gasteiger charge is 2.12. The van der Waals surface area contributed by atoms with E-state index in [0.717, 1.165) is 13.0 Å². The number of rotatable bonds is 8. The Balaban J connectivity index is 2.68. The summed E-state index contributed by atoms with van der Waals surface area (Å²) in [6, 6.07) is 5.02. The van der Waals surface area contributed by atoms with Gasteiger partial charge in [-0.2, -0.15) is 0 Å². The van der Waals surface area contributed by atoms with E-state index in [4.69, 9.17) is 9.47 Å². The highest BCUT2D eigenvalue weighted by molar-refractivity contribution is 5.30. The third-order valence-electron chi connectivity index (χ3n) is 2.88. The largest absolute Gasteiger partial charge is 0.488 e. The van der Waals surface area contributed by atoms with E-state index in [1.165, 1.54) is 6.07 Å². The molecule has 1 rings (SSSR count). The summed E-state index contributed by atoms with van der Waals surface area (Å²) in [6.45, 7) is 7.30. The summed E-state index contributed by atoms with van der Waals surface area (Å²) in [5.41, 5.74) is 0.667. The van der Waals surface area contributed by atoms with Gasteiger partial charge in [0, 0.05) is 24.8 Å². The van der Waals surface area contributed by atoms with Crippen LogP contribution in [0.5, 0.6) is 5.75 Å². The van der Waals surface area contributed by atoms with Crippen molar-refractivity contribution in [2.24, 2.45) is 0 Å². The van der Waals surface area contributed by atoms with Crippen LogP contribution in [0.3, 0.4) is 0 Å². The van der Waals surface area contributed by atoms with Crippen molar-refractivity contribution in [2.75, 3.05) is 20.3 Å². The van der Waals surface area contributed by atoms with Crippen molar-refractivity contribution in [1.29, 1.82) is 0 Å². The molecule has 2 atom stereocenters. The topological polar surface area (TPSA) is 30.5 Å². The highest BCUT2D eigenvalue weighted by Crippen LogP contribution is 2.22. The maximum Gasteiger partial charge on any atom is 0.131 e. The third-order valence-corrected chi connectivity index (χ3v) is 2.88. The molecule has 1 N–H and O–H groups in total. The highest BCUT2D eigenvalue weighted by atomic mass is 19.1. The lowest BCUT2D eigenvalue weighted by Gasteiger charge is -2.17. The van der Waals surface area contributed by atoms with E-state index < -0.39 is 0 Å². The third kappa shape index (κ3) is 5.17. The van der Waals surface area contributed by atoms with Crippen molar-refractivity contribution in [3.05, 3.63) is 29.6 Å². The number of methoxy groups -OCH3 is 1. The molecule has 2 unspecified atom stereocenters. The van der Waals surface area contributed by atoms with E-state index in [-0.39, 0.29) is 18.0 Å². The van der Waals surface area contributed by atoms with Crippen LogP contribution >= 0.6 is 0 Å². The number of benzene rings is 1. The Kier molecular flexibility index (Phi) is 6.81. The minimum absolute atomic E-state index is 0.00500. The van der Waals surface area contributed by atoms with Crippen molar-refractivity contribution in [2.45, 2.75) is 39.3 Å². The summed E-state index contributed by atoms with van der Waals surface area (Å²) in [7, 11) is 1.62. The van der Waals surface area contributed by atoms with Gasteiger partial charge in [-0.3, -0.25) is 0 Å². The predicted octanol–water partition coefficient (Wildman–Crippen LogP) is 3.30. The maximum absolute atomic E-state index is 14.0. The van der Waals surface area contributed by atoms with E-state index in [2.05, 4.69) is 12.2 Å². The fraction of sp³-hybridized carbons (Fsp3) is 0.600. The predicted molar refractivity (Wildman–Crippen MR) is 75.1 cm³/mol. The van der Waals surface area contributed by atoms with E-state index >= 15 is 0 Å². The molecule has 0 saturated carbocycles. The molecule has 0 aliphatic rings. The summed E-state index contributed by atoms with van der Waals surface area (Å²) in [5.74, 6) is 0.298. The Hall–Kier alpha value is -1.13. The lowest BCUT2D eigenvalue weighted by molar-refractivity contribution is 0.0918. The van der Waals surface area contributed by atoms with Crippen LogP contribution in [0.25, 0.3) is 0 Å². The van der Waals surface area contributed by atoms with Gasteiger partial charge < -0.3 is 14.8 Å². The first kappa shape index (κ1) is 15.9. The first-order valence-corrected chi connectivity index (χ1v) is 6.76. The molecule has 0 aliphatic carbocycles. The van der Waals surface area contributed by atoms with Crippen LogP contribution in [0.4, 0.5) is 4.39 Å². The second kappa shape index (κ2) is 8.12. The Morgan fingerprint density at radius 1 is 1.32 bits per heavy atom. The van der Waals surface area contributed by atoms with Gasteiger partial charge in [-0.15, -0.1) is 0 Å². The van der Waals surface area contributed by atoms with Gasteiger partial charge in [-0.25, -0.2) is 4.39 Å². The standard InChI is InChI=1S/C15H24FNO2/c1-5-8-17-12(3)14-7-6-13(9-15(14)16)19-11(2)10-18-4/h6-7,9,11-12,17H,5,8,10H2,1-4H3. The zero-order valence-electron chi connectivity index (χ0n) is 12.2. The molecule has 0 aliphatic heterocycles. The molecule has 19 heavy (non-hydrogen) atoms. The average molecular weight is 269 g/mol. The fourth-order valence-corrected chi connectivity index (χ4v) is 1.90. The second-order valence-electron chi connectivity index (χ2n) is 4.74. The van der Waals surface area contributed by atoms with E-state index in [9.17, 15) is 4.39 Å². The van der Waals surface area contributed by atoms with Crippen molar-refractivity contribution in [3.63, 3.8) is 0 Å². The monoisotopic (exact) mass is 269 g/mol. The minimum atomic E-state index is -0.238. The molecule has 0 amide bonds. The van der Waals surface area contributed by atoms with Crippen LogP contribution in [0.1, 0.15) is 38.8 Å². The van der Waals surface area contributed by atoms with Crippen LogP contribution in [-0.4, -0.2) is 26.4 Å². The Bertz CT molecular complexity index is 384. The van der Waals surface area contributed by atoms with Crippen molar-refractivity contribution in [3.8, 4) is 5.75 Å². The molecular weight excluding hydrogens is 245 g/mol. The first-order chi connectivity index (χ1) is 9.08. The summed E-state index contributed by atoms with van der Waals surface area (Å²) in [4.78, 5) is 0. The normalized spacial score (nSPS) is 14.2. The lowest BCUT2D eigenvalue weighted by Crippen LogP contribution is -2.21. The molecule has 108 valence electrons. The molecule has 0 radical (unpaired) electrons. The zero-order chi connectivity index (χ0) is 14.3. The molecule has 4 heteroatoms. The number of nitrogens with one attached hydrogen (secondary N) is 1. The molecular formula is C15H24FNO2. The maximum atomic E-state index is 14.0. The van der Waals surface area contributed by atoms with Gasteiger partial charge in [-0.05, 0) is 32.9 Å². The molecule has 0 saturated heterocycles. The molecule has 0 heterocycles. The average Bonchev–Trinajstić information content (AvgIpc) is 2.36. The smallest absolute Gasteiger partial charge is 0.131 e. The Morgan fingerprint density at radius 3 is 2.63 bits per heavy atom. The summed E-state index contributed by atoms with van der Waals surface area (Å²) < 4.78 is 24.6. The lowest BCUT2D eigenvalue weighted by atomic mass is 10.1. The summed E-state index contributed by atoms with van der Waals surface area (Å²) in [6.07, 6.45) is 0.938. The van der Waals surface area contributed by atoms with Crippen LogP contribution < -0.4 is 10.1 Å². The van der Waals surface area contributed by atoms with Gasteiger partial charge >= 0.3 is 0 Å². The molecule has 1 aromatic carbocycles. The van der Waals surface area contributed by atoms with Crippen LogP contribution in [0.2, 0.25) is 0 Å². The van der Waals surface area contributed by atoms with Gasteiger partial charge in [0.2, 0.25) is 0 Å². The zero-order valence-corrected chi connectivity index (χ0v) is 12.2. The second-order valence-corrected chi connectivity index (χ2v) is 4.74. The Morgan fingerprint density at radius 2 is 2.05 bits per heavy atom. The minimum Gasteiger partial charge on any atom is -0.488 e. The molecule has 0 spiro atoms. The molecule has 3 nitrogen and oxygen atoms in total. The Labute approximate surface area is 115 Å². The molecule has 0 fully saturated rings. The van der Waals surface area contributed by atoms with Crippen LogP contribution in [0, 0.1) is 5.82 Å². The van der Waals surface area contributed by atoms with Gasteiger partial charge in [0.15, 0.2) is 0 Å². The van der Waals surface area contributed by atoms with Crippen LogP contribution in [-0.2, 0) is 4.74 Å². The van der Waals surface area contributed by atoms with E-state index in [1.807, 2.05) is 13.8 Å². The van der Waals surface area contributed by atoms with Gasteiger partial charge in [0.1, 0.15) is 17.7 Å². The summed E-state index contributed by atoms with van der Waals surface area (Å²) >= 11 is 0. The van der Waals surface area contributed by atoms with Crippen LogP contribution in [0.15, 0.2) is 18.2 Å². The number of hydrogen-bond acceptors (Lipinski definition) is 3. The van der Waals surface area contributed by atoms with E-state index in [0.29, 0.717) is 17.9 Å². The number of hydrogen-bond donors (Lipinski definition) is 1.